The molecule has 1 aromatic carbocycles. The maximum Gasteiger partial charge on any atom is 0.185 e. The second-order valence-electron chi connectivity index (χ2n) is 5.03. The summed E-state index contributed by atoms with van der Waals surface area (Å²) in [5, 5.41) is 0. The third kappa shape index (κ3) is 3.63. The number of aromatic nitrogens is 3. The Morgan fingerprint density at radius 1 is 1.22 bits per heavy atom. The van der Waals surface area contributed by atoms with Gasteiger partial charge < -0.3 is 4.57 Å². The molecule has 3 rings (SSSR count). The molecule has 2 aromatic heterocycles. The third-order valence-electron chi connectivity index (χ3n) is 3.41. The topological polar surface area (TPSA) is 47.8 Å². The zero-order chi connectivity index (χ0) is 16.2. The van der Waals surface area contributed by atoms with Gasteiger partial charge in [0.05, 0.1) is 0 Å². The van der Waals surface area contributed by atoms with Crippen LogP contribution in [0.5, 0.6) is 0 Å². The Labute approximate surface area is 142 Å². The Morgan fingerprint density at radius 3 is 2.65 bits per heavy atom. The van der Waals surface area contributed by atoms with Crippen LogP contribution >= 0.6 is 15.9 Å². The Hall–Kier alpha value is -2.53. The van der Waals surface area contributed by atoms with Gasteiger partial charge in [-0.1, -0.05) is 0 Å². The molecule has 0 saturated carbocycles. The number of nitrogens with zero attached hydrogens (tertiary/aromatic N) is 3. The zero-order valence-electron chi connectivity index (χ0n) is 12.5. The zero-order valence-corrected chi connectivity index (χ0v) is 14.1. The normalized spacial score (nSPS) is 11.0. The minimum absolute atomic E-state index is 0.0427. The fourth-order valence-corrected chi connectivity index (χ4v) is 2.61. The van der Waals surface area contributed by atoms with E-state index in [2.05, 4.69) is 25.9 Å². The highest BCUT2D eigenvalue weighted by Gasteiger charge is 2.04. The van der Waals surface area contributed by atoms with Crippen LogP contribution in [0.4, 0.5) is 0 Å². The predicted octanol–water partition coefficient (Wildman–Crippen LogP) is 4.23. The summed E-state index contributed by atoms with van der Waals surface area (Å²) in [6.45, 7) is 1.94. The number of carbonyl (C=O) groups excluding carboxylic acids is 1. The summed E-state index contributed by atoms with van der Waals surface area (Å²) in [5.41, 5.74) is 2.50. The molecule has 0 aliphatic carbocycles. The van der Waals surface area contributed by atoms with Crippen molar-refractivity contribution in [3.8, 4) is 5.69 Å². The molecule has 2 heterocycles. The van der Waals surface area contributed by atoms with Gasteiger partial charge in [0.15, 0.2) is 5.78 Å². The third-order valence-corrected chi connectivity index (χ3v) is 3.84. The van der Waals surface area contributed by atoms with Crippen LogP contribution in [-0.2, 0) is 0 Å². The van der Waals surface area contributed by atoms with Crippen molar-refractivity contribution in [1.29, 1.82) is 0 Å². The smallest absolute Gasteiger partial charge is 0.185 e. The van der Waals surface area contributed by atoms with Crippen LogP contribution < -0.4 is 0 Å². The molecule has 0 saturated heterocycles. The lowest BCUT2D eigenvalue weighted by molar-refractivity contribution is 0.104. The standard InChI is InChI=1S/C18H14BrN3O/c1-13-21-8-9-22(13)17-5-3-15(4-6-17)18(23)7-2-14-10-16(19)12-20-11-14/h2-12H,1H3/b7-2+. The van der Waals surface area contributed by atoms with Gasteiger partial charge in [-0.2, -0.15) is 0 Å². The van der Waals surface area contributed by atoms with Gasteiger partial charge in [0, 0.05) is 40.5 Å². The molecule has 0 radical (unpaired) electrons. The fourth-order valence-electron chi connectivity index (χ4n) is 2.22. The Morgan fingerprint density at radius 2 is 2.00 bits per heavy atom. The van der Waals surface area contributed by atoms with Gasteiger partial charge in [-0.05, 0) is 70.9 Å². The van der Waals surface area contributed by atoms with E-state index in [0.717, 1.165) is 21.5 Å². The van der Waals surface area contributed by atoms with E-state index < -0.39 is 0 Å². The van der Waals surface area contributed by atoms with Crippen LogP contribution in [0.2, 0.25) is 0 Å². The first-order chi connectivity index (χ1) is 11.1. The maximum absolute atomic E-state index is 12.2. The van der Waals surface area contributed by atoms with Gasteiger partial charge in [0.1, 0.15) is 5.82 Å². The number of pyridine rings is 1. The number of hydrogen-bond donors (Lipinski definition) is 0. The number of aryl methyl sites for hydroxylation is 1. The molecular formula is C18H14BrN3O. The van der Waals surface area contributed by atoms with Crippen LogP contribution in [0.3, 0.4) is 0 Å². The molecule has 3 aromatic rings. The van der Waals surface area contributed by atoms with E-state index in [-0.39, 0.29) is 5.78 Å². The number of hydrogen-bond acceptors (Lipinski definition) is 3. The second-order valence-corrected chi connectivity index (χ2v) is 5.94. The van der Waals surface area contributed by atoms with E-state index >= 15 is 0 Å². The lowest BCUT2D eigenvalue weighted by Crippen LogP contribution is -1.98. The predicted molar refractivity (Wildman–Crippen MR) is 93.6 cm³/mol. The molecule has 0 spiro atoms. The van der Waals surface area contributed by atoms with Crippen molar-refractivity contribution in [2.45, 2.75) is 6.92 Å². The summed E-state index contributed by atoms with van der Waals surface area (Å²) in [6.07, 6.45) is 10.4. The molecule has 0 aliphatic rings. The van der Waals surface area contributed by atoms with E-state index in [1.807, 2.05) is 48.0 Å². The lowest BCUT2D eigenvalue weighted by Gasteiger charge is -2.05. The largest absolute Gasteiger partial charge is 0.304 e. The number of rotatable bonds is 4. The van der Waals surface area contributed by atoms with Gasteiger partial charge in [-0.25, -0.2) is 4.98 Å². The first-order valence-electron chi connectivity index (χ1n) is 7.07. The summed E-state index contributed by atoms with van der Waals surface area (Å²) < 4.78 is 2.85. The molecule has 0 atom stereocenters. The monoisotopic (exact) mass is 367 g/mol. The molecular weight excluding hydrogens is 354 g/mol. The van der Waals surface area contributed by atoms with Crippen molar-refractivity contribution in [2.75, 3.05) is 0 Å². The van der Waals surface area contributed by atoms with Gasteiger partial charge >= 0.3 is 0 Å². The van der Waals surface area contributed by atoms with Crippen molar-refractivity contribution in [3.63, 3.8) is 0 Å². The first kappa shape index (κ1) is 15.4. The Balaban J connectivity index is 1.77. The van der Waals surface area contributed by atoms with Crippen LogP contribution in [0.15, 0.2) is 65.7 Å². The maximum atomic E-state index is 12.2. The summed E-state index contributed by atoms with van der Waals surface area (Å²) in [7, 11) is 0. The SMILES string of the molecule is Cc1nccn1-c1ccc(C(=O)/C=C/c2cncc(Br)c2)cc1. The molecule has 0 amide bonds. The van der Waals surface area contributed by atoms with E-state index in [0.29, 0.717) is 5.56 Å². The minimum atomic E-state index is -0.0427. The highest BCUT2D eigenvalue weighted by Crippen LogP contribution is 2.14. The van der Waals surface area contributed by atoms with E-state index in [1.165, 1.54) is 0 Å². The van der Waals surface area contributed by atoms with Gasteiger partial charge in [-0.3, -0.25) is 9.78 Å². The number of carbonyl (C=O) groups is 1. The van der Waals surface area contributed by atoms with Crippen molar-refractivity contribution in [3.05, 3.63) is 82.6 Å². The summed E-state index contributed by atoms with van der Waals surface area (Å²) in [6, 6.07) is 9.37. The molecule has 0 unspecified atom stereocenters. The van der Waals surface area contributed by atoms with E-state index in [9.17, 15) is 4.79 Å². The quantitative estimate of drug-likeness (QED) is 0.511. The van der Waals surface area contributed by atoms with Crippen molar-refractivity contribution < 1.29 is 4.79 Å². The van der Waals surface area contributed by atoms with Crippen molar-refractivity contribution >= 4 is 27.8 Å². The van der Waals surface area contributed by atoms with E-state index in [1.54, 1.807) is 30.7 Å². The summed E-state index contributed by atoms with van der Waals surface area (Å²) in [5.74, 6) is 0.866. The summed E-state index contributed by atoms with van der Waals surface area (Å²) in [4.78, 5) is 20.5. The molecule has 0 fully saturated rings. The molecule has 4 nitrogen and oxygen atoms in total. The molecule has 23 heavy (non-hydrogen) atoms. The van der Waals surface area contributed by atoms with Crippen molar-refractivity contribution in [1.82, 2.24) is 14.5 Å². The number of allylic oxidation sites excluding steroid dienone is 1. The van der Waals surface area contributed by atoms with E-state index in [4.69, 9.17) is 0 Å². The Kier molecular flexibility index (Phi) is 4.48. The molecule has 0 N–H and O–H groups in total. The van der Waals surface area contributed by atoms with Crippen LogP contribution in [0, 0.1) is 6.92 Å². The Bertz CT molecular complexity index is 866. The molecule has 0 aliphatic heterocycles. The average molecular weight is 368 g/mol. The molecule has 5 heteroatoms. The number of imidazole rings is 1. The fraction of sp³-hybridized carbons (Fsp3) is 0.0556. The van der Waals surface area contributed by atoms with Crippen LogP contribution in [-0.4, -0.2) is 20.3 Å². The molecule has 114 valence electrons. The van der Waals surface area contributed by atoms with Gasteiger partial charge in [-0.15, -0.1) is 0 Å². The van der Waals surface area contributed by atoms with Gasteiger partial charge in [0.2, 0.25) is 0 Å². The highest BCUT2D eigenvalue weighted by atomic mass is 79.9. The van der Waals surface area contributed by atoms with Crippen LogP contribution in [0.25, 0.3) is 11.8 Å². The van der Waals surface area contributed by atoms with Crippen LogP contribution in [0.1, 0.15) is 21.7 Å². The lowest BCUT2D eigenvalue weighted by atomic mass is 10.1. The van der Waals surface area contributed by atoms with Gasteiger partial charge in [0.25, 0.3) is 0 Å². The first-order valence-corrected chi connectivity index (χ1v) is 7.86. The molecule has 0 bridgehead atoms. The number of halogens is 1. The minimum Gasteiger partial charge on any atom is -0.304 e. The van der Waals surface area contributed by atoms with Crippen molar-refractivity contribution in [2.24, 2.45) is 0 Å². The number of ketones is 1. The number of benzene rings is 1. The average Bonchev–Trinajstić information content (AvgIpc) is 2.99. The highest BCUT2D eigenvalue weighted by molar-refractivity contribution is 9.10. The summed E-state index contributed by atoms with van der Waals surface area (Å²) >= 11 is 3.36. The second kappa shape index (κ2) is 6.71.